The number of para-hydroxylation sites is 1. The van der Waals surface area contributed by atoms with Crippen LogP contribution in [0.2, 0.25) is 0 Å². The van der Waals surface area contributed by atoms with Gasteiger partial charge in [0.2, 0.25) is 0 Å². The van der Waals surface area contributed by atoms with E-state index in [2.05, 4.69) is 24.2 Å². The molecule has 1 aliphatic rings. The third-order valence-electron chi connectivity index (χ3n) is 3.85. The van der Waals surface area contributed by atoms with Gasteiger partial charge in [-0.3, -0.25) is 4.68 Å². The minimum atomic E-state index is -0.318. The van der Waals surface area contributed by atoms with Gasteiger partial charge in [-0.25, -0.2) is 0 Å². The number of aromatic nitrogens is 2. The number of rotatable bonds is 3. The fourth-order valence-corrected chi connectivity index (χ4v) is 5.67. The average molecular weight is 308 g/mol. The van der Waals surface area contributed by atoms with Crippen molar-refractivity contribution >= 4 is 34.4 Å². The molecule has 2 heterocycles. The standard InChI is InChI=1S/C15H20N2OS2/c1-10-15(20-8-7-19-10)14(18)9-12-11-5-3-4-6-13(11)17(2)16-12/h3-6,10,14-15,18H,7-9H2,1-2H3. The number of hydrogen-bond donors (Lipinski definition) is 1. The van der Waals surface area contributed by atoms with Gasteiger partial charge in [0, 0.05) is 40.9 Å². The molecule has 20 heavy (non-hydrogen) atoms. The number of aryl methyl sites for hydroxylation is 1. The predicted octanol–water partition coefficient (Wildman–Crippen LogP) is 2.71. The van der Waals surface area contributed by atoms with Crippen molar-refractivity contribution < 1.29 is 5.11 Å². The van der Waals surface area contributed by atoms with E-state index in [0.29, 0.717) is 16.9 Å². The predicted molar refractivity (Wildman–Crippen MR) is 88.6 cm³/mol. The second-order valence-corrected chi connectivity index (χ2v) is 8.04. The van der Waals surface area contributed by atoms with Crippen molar-refractivity contribution in [3.05, 3.63) is 30.0 Å². The Balaban J connectivity index is 1.82. The van der Waals surface area contributed by atoms with Crippen LogP contribution in [-0.2, 0) is 13.5 Å². The largest absolute Gasteiger partial charge is 0.392 e. The van der Waals surface area contributed by atoms with E-state index in [9.17, 15) is 5.11 Å². The molecule has 0 spiro atoms. The van der Waals surface area contributed by atoms with Gasteiger partial charge in [-0.1, -0.05) is 25.1 Å². The van der Waals surface area contributed by atoms with E-state index >= 15 is 0 Å². The zero-order chi connectivity index (χ0) is 14.1. The van der Waals surface area contributed by atoms with Crippen molar-refractivity contribution in [3.63, 3.8) is 0 Å². The van der Waals surface area contributed by atoms with Crippen LogP contribution in [0.5, 0.6) is 0 Å². The molecule has 1 aromatic carbocycles. The van der Waals surface area contributed by atoms with Crippen LogP contribution >= 0.6 is 23.5 Å². The van der Waals surface area contributed by atoms with Gasteiger partial charge in [0.1, 0.15) is 0 Å². The minimum Gasteiger partial charge on any atom is -0.392 e. The Labute approximate surface area is 128 Å². The van der Waals surface area contributed by atoms with Crippen LogP contribution in [0.15, 0.2) is 24.3 Å². The number of benzene rings is 1. The molecule has 3 atom stereocenters. The second kappa shape index (κ2) is 6.00. The lowest BCUT2D eigenvalue weighted by atomic mass is 10.1. The fraction of sp³-hybridized carbons (Fsp3) is 0.533. The maximum absolute atomic E-state index is 10.6. The Bertz CT molecular complexity index is 599. The summed E-state index contributed by atoms with van der Waals surface area (Å²) in [5.41, 5.74) is 2.15. The van der Waals surface area contributed by atoms with Gasteiger partial charge in [0.25, 0.3) is 0 Å². The van der Waals surface area contributed by atoms with Crippen molar-refractivity contribution in [1.82, 2.24) is 9.78 Å². The van der Waals surface area contributed by atoms with Crippen molar-refractivity contribution in [2.75, 3.05) is 11.5 Å². The Morgan fingerprint density at radius 3 is 2.90 bits per heavy atom. The number of aliphatic hydroxyl groups is 1. The number of thioether (sulfide) groups is 2. The first kappa shape index (κ1) is 14.3. The Kier molecular flexibility index (Phi) is 4.29. The van der Waals surface area contributed by atoms with Gasteiger partial charge < -0.3 is 5.11 Å². The maximum atomic E-state index is 10.6. The highest BCUT2D eigenvalue weighted by Gasteiger charge is 2.30. The van der Waals surface area contributed by atoms with Gasteiger partial charge in [-0.05, 0) is 6.07 Å². The molecule has 5 heteroatoms. The molecule has 1 aromatic heterocycles. The number of nitrogens with zero attached hydrogens (tertiary/aromatic N) is 2. The van der Waals surface area contributed by atoms with E-state index in [-0.39, 0.29) is 6.10 Å². The molecule has 108 valence electrons. The molecule has 0 saturated carbocycles. The summed E-state index contributed by atoms with van der Waals surface area (Å²) >= 11 is 3.87. The molecule has 0 bridgehead atoms. The smallest absolute Gasteiger partial charge is 0.0729 e. The highest BCUT2D eigenvalue weighted by Crippen LogP contribution is 2.34. The van der Waals surface area contributed by atoms with Gasteiger partial charge >= 0.3 is 0 Å². The minimum absolute atomic E-state index is 0.314. The molecular formula is C15H20N2OS2. The molecular weight excluding hydrogens is 288 g/mol. The lowest BCUT2D eigenvalue weighted by molar-refractivity contribution is 0.170. The zero-order valence-electron chi connectivity index (χ0n) is 11.8. The normalized spacial score (nSPS) is 24.9. The van der Waals surface area contributed by atoms with Crippen LogP contribution in [0, 0.1) is 0 Å². The molecule has 1 aliphatic heterocycles. The van der Waals surface area contributed by atoms with Crippen molar-refractivity contribution in [3.8, 4) is 0 Å². The third-order valence-corrected chi connectivity index (χ3v) is 7.09. The number of hydrogen-bond acceptors (Lipinski definition) is 4. The molecule has 0 radical (unpaired) electrons. The molecule has 3 rings (SSSR count). The fourth-order valence-electron chi connectivity index (χ4n) is 2.83. The van der Waals surface area contributed by atoms with Crippen LogP contribution in [-0.4, -0.2) is 43.0 Å². The SMILES string of the molecule is CC1SCCSC1C(O)Cc1nn(C)c2ccccc12. The lowest BCUT2D eigenvalue weighted by Crippen LogP contribution is -2.36. The first-order valence-electron chi connectivity index (χ1n) is 6.98. The van der Waals surface area contributed by atoms with E-state index in [1.165, 1.54) is 5.75 Å². The van der Waals surface area contributed by atoms with Crippen LogP contribution < -0.4 is 0 Å². The summed E-state index contributed by atoms with van der Waals surface area (Å²) in [6, 6.07) is 8.23. The zero-order valence-corrected chi connectivity index (χ0v) is 13.5. The van der Waals surface area contributed by atoms with Crippen LogP contribution in [0.1, 0.15) is 12.6 Å². The van der Waals surface area contributed by atoms with E-state index in [1.54, 1.807) is 0 Å². The van der Waals surface area contributed by atoms with Gasteiger partial charge in [0.05, 0.1) is 17.3 Å². The first-order valence-corrected chi connectivity index (χ1v) is 9.08. The maximum Gasteiger partial charge on any atom is 0.0729 e. The molecule has 0 amide bonds. The summed E-state index contributed by atoms with van der Waals surface area (Å²) in [4.78, 5) is 0. The van der Waals surface area contributed by atoms with Crippen LogP contribution in [0.25, 0.3) is 10.9 Å². The van der Waals surface area contributed by atoms with E-state index < -0.39 is 0 Å². The van der Waals surface area contributed by atoms with E-state index in [4.69, 9.17) is 0 Å². The third kappa shape index (κ3) is 2.71. The molecule has 0 aliphatic carbocycles. The number of aliphatic hydroxyl groups excluding tert-OH is 1. The molecule has 1 saturated heterocycles. The Morgan fingerprint density at radius 2 is 2.10 bits per heavy atom. The van der Waals surface area contributed by atoms with E-state index in [1.807, 2.05) is 47.4 Å². The van der Waals surface area contributed by atoms with Gasteiger partial charge in [0.15, 0.2) is 0 Å². The molecule has 3 nitrogen and oxygen atoms in total. The average Bonchev–Trinajstić information content (AvgIpc) is 2.76. The van der Waals surface area contributed by atoms with Crippen LogP contribution in [0.4, 0.5) is 0 Å². The van der Waals surface area contributed by atoms with Gasteiger partial charge in [-0.15, -0.1) is 0 Å². The summed E-state index contributed by atoms with van der Waals surface area (Å²) in [5, 5.41) is 17.2. The molecule has 1 fully saturated rings. The Hall–Kier alpha value is -0.650. The Morgan fingerprint density at radius 1 is 1.35 bits per heavy atom. The summed E-state index contributed by atoms with van der Waals surface area (Å²) in [7, 11) is 1.96. The number of fused-ring (bicyclic) bond motifs is 1. The van der Waals surface area contributed by atoms with Crippen LogP contribution in [0.3, 0.4) is 0 Å². The summed E-state index contributed by atoms with van der Waals surface area (Å²) in [6.07, 6.45) is 0.324. The van der Waals surface area contributed by atoms with Gasteiger partial charge in [-0.2, -0.15) is 28.6 Å². The molecule has 2 aromatic rings. The molecule has 1 N–H and O–H groups in total. The van der Waals surface area contributed by atoms with Crippen molar-refractivity contribution in [2.45, 2.75) is 29.9 Å². The monoisotopic (exact) mass is 308 g/mol. The first-order chi connectivity index (χ1) is 9.66. The summed E-state index contributed by atoms with van der Waals surface area (Å²) in [5.74, 6) is 2.33. The van der Waals surface area contributed by atoms with Crippen molar-refractivity contribution in [1.29, 1.82) is 0 Å². The summed E-state index contributed by atoms with van der Waals surface area (Å²) < 4.78 is 1.91. The topological polar surface area (TPSA) is 38.1 Å². The second-order valence-electron chi connectivity index (χ2n) is 5.27. The lowest BCUT2D eigenvalue weighted by Gasteiger charge is -2.31. The quantitative estimate of drug-likeness (QED) is 0.946. The summed E-state index contributed by atoms with van der Waals surface area (Å²) in [6.45, 7) is 2.22. The molecule has 3 unspecified atom stereocenters. The van der Waals surface area contributed by atoms with Crippen molar-refractivity contribution in [2.24, 2.45) is 7.05 Å². The highest BCUT2D eigenvalue weighted by molar-refractivity contribution is 8.07. The van der Waals surface area contributed by atoms with E-state index in [0.717, 1.165) is 22.3 Å². The highest BCUT2D eigenvalue weighted by atomic mass is 32.2.